The van der Waals surface area contributed by atoms with Gasteiger partial charge in [0.1, 0.15) is 0 Å². The molecular weight excluding hydrogens is 212 g/mol. The highest BCUT2D eigenvalue weighted by molar-refractivity contribution is 5.90. The van der Waals surface area contributed by atoms with E-state index in [2.05, 4.69) is 17.2 Å². The van der Waals surface area contributed by atoms with Crippen LogP contribution in [0.5, 0.6) is 0 Å². The van der Waals surface area contributed by atoms with E-state index in [0.717, 1.165) is 37.8 Å². The SMILES string of the molecule is CCCC1(C(=O)Cc2ccncc2)CCCN1. The molecule has 1 aliphatic heterocycles. The second kappa shape index (κ2) is 5.41. The minimum absolute atomic E-state index is 0.252. The molecule has 1 fully saturated rings. The van der Waals surface area contributed by atoms with Crippen molar-refractivity contribution in [2.75, 3.05) is 6.54 Å². The van der Waals surface area contributed by atoms with Gasteiger partial charge in [-0.1, -0.05) is 13.3 Å². The van der Waals surface area contributed by atoms with Gasteiger partial charge in [-0.15, -0.1) is 0 Å². The molecule has 3 nitrogen and oxygen atoms in total. The Bertz CT molecular complexity index is 369. The van der Waals surface area contributed by atoms with Gasteiger partial charge in [0, 0.05) is 18.8 Å². The van der Waals surface area contributed by atoms with Crippen molar-refractivity contribution in [2.24, 2.45) is 0 Å². The smallest absolute Gasteiger partial charge is 0.157 e. The van der Waals surface area contributed by atoms with Crippen LogP contribution in [0.25, 0.3) is 0 Å². The van der Waals surface area contributed by atoms with Crippen LogP contribution in [0.2, 0.25) is 0 Å². The largest absolute Gasteiger partial charge is 0.305 e. The number of carbonyl (C=O) groups excluding carboxylic acids is 1. The van der Waals surface area contributed by atoms with Crippen LogP contribution in [-0.2, 0) is 11.2 Å². The van der Waals surface area contributed by atoms with Crippen molar-refractivity contribution >= 4 is 5.78 Å². The predicted octanol–water partition coefficient (Wildman–Crippen LogP) is 2.12. The fourth-order valence-corrected chi connectivity index (χ4v) is 2.68. The summed E-state index contributed by atoms with van der Waals surface area (Å²) < 4.78 is 0. The van der Waals surface area contributed by atoms with E-state index in [1.165, 1.54) is 0 Å². The van der Waals surface area contributed by atoms with E-state index in [1.807, 2.05) is 12.1 Å². The summed E-state index contributed by atoms with van der Waals surface area (Å²) in [4.78, 5) is 16.4. The fraction of sp³-hybridized carbons (Fsp3) is 0.571. The van der Waals surface area contributed by atoms with Gasteiger partial charge in [0.15, 0.2) is 5.78 Å². The number of hydrogen-bond donors (Lipinski definition) is 1. The molecule has 17 heavy (non-hydrogen) atoms. The zero-order chi connectivity index (χ0) is 12.1. The van der Waals surface area contributed by atoms with Crippen molar-refractivity contribution in [1.29, 1.82) is 0 Å². The minimum atomic E-state index is -0.252. The number of pyridine rings is 1. The van der Waals surface area contributed by atoms with Gasteiger partial charge >= 0.3 is 0 Å². The molecule has 1 unspecified atom stereocenters. The Kier molecular flexibility index (Phi) is 3.89. The number of carbonyl (C=O) groups is 1. The second-order valence-corrected chi connectivity index (χ2v) is 4.82. The third kappa shape index (κ3) is 2.72. The maximum absolute atomic E-state index is 12.4. The number of hydrogen-bond acceptors (Lipinski definition) is 3. The molecule has 1 aliphatic rings. The Balaban J connectivity index is 2.07. The monoisotopic (exact) mass is 232 g/mol. The Morgan fingerprint density at radius 1 is 1.47 bits per heavy atom. The molecule has 1 aromatic heterocycles. The number of aromatic nitrogens is 1. The Labute approximate surface area is 103 Å². The lowest BCUT2D eigenvalue weighted by Crippen LogP contribution is -2.48. The van der Waals surface area contributed by atoms with Crippen LogP contribution in [0.4, 0.5) is 0 Å². The summed E-state index contributed by atoms with van der Waals surface area (Å²) in [5.74, 6) is 0.336. The van der Waals surface area contributed by atoms with Gasteiger partial charge in [0.2, 0.25) is 0 Å². The lowest BCUT2D eigenvalue weighted by Gasteiger charge is -2.27. The first-order chi connectivity index (χ1) is 8.27. The molecule has 1 N–H and O–H groups in total. The second-order valence-electron chi connectivity index (χ2n) is 4.82. The summed E-state index contributed by atoms with van der Waals surface area (Å²) in [6, 6.07) is 3.85. The fourth-order valence-electron chi connectivity index (χ4n) is 2.68. The Morgan fingerprint density at radius 2 is 2.24 bits per heavy atom. The highest BCUT2D eigenvalue weighted by Crippen LogP contribution is 2.27. The minimum Gasteiger partial charge on any atom is -0.305 e. The van der Waals surface area contributed by atoms with Crippen LogP contribution in [0.3, 0.4) is 0 Å². The Hall–Kier alpha value is -1.22. The number of nitrogens with zero attached hydrogens (tertiary/aromatic N) is 1. The Morgan fingerprint density at radius 3 is 2.82 bits per heavy atom. The zero-order valence-electron chi connectivity index (χ0n) is 10.4. The summed E-state index contributed by atoms with van der Waals surface area (Å²) in [5.41, 5.74) is 0.812. The van der Waals surface area contributed by atoms with Crippen LogP contribution in [0, 0.1) is 0 Å². The van der Waals surface area contributed by atoms with E-state index in [0.29, 0.717) is 12.2 Å². The van der Waals surface area contributed by atoms with E-state index in [1.54, 1.807) is 12.4 Å². The van der Waals surface area contributed by atoms with E-state index in [4.69, 9.17) is 0 Å². The first-order valence-electron chi connectivity index (χ1n) is 6.44. The highest BCUT2D eigenvalue weighted by Gasteiger charge is 2.39. The van der Waals surface area contributed by atoms with Gasteiger partial charge in [-0.25, -0.2) is 0 Å². The number of nitrogens with one attached hydrogen (secondary N) is 1. The summed E-state index contributed by atoms with van der Waals surface area (Å²) in [5, 5.41) is 3.43. The quantitative estimate of drug-likeness (QED) is 0.845. The van der Waals surface area contributed by atoms with Crippen molar-refractivity contribution in [3.05, 3.63) is 30.1 Å². The van der Waals surface area contributed by atoms with Gasteiger partial charge in [0.05, 0.1) is 5.54 Å². The number of rotatable bonds is 5. The average molecular weight is 232 g/mol. The standard InChI is InChI=1S/C14H20N2O/c1-2-6-14(7-3-8-16-14)13(17)11-12-4-9-15-10-5-12/h4-5,9-10,16H,2-3,6-8,11H2,1H3. The van der Waals surface area contributed by atoms with Crippen molar-refractivity contribution < 1.29 is 4.79 Å². The maximum atomic E-state index is 12.4. The predicted molar refractivity (Wildman–Crippen MR) is 67.8 cm³/mol. The topological polar surface area (TPSA) is 42.0 Å². The summed E-state index contributed by atoms with van der Waals surface area (Å²) >= 11 is 0. The molecule has 0 spiro atoms. The third-order valence-corrected chi connectivity index (χ3v) is 3.57. The van der Waals surface area contributed by atoms with Gasteiger partial charge < -0.3 is 5.32 Å². The van der Waals surface area contributed by atoms with Gasteiger partial charge in [-0.3, -0.25) is 9.78 Å². The molecule has 2 rings (SSSR count). The van der Waals surface area contributed by atoms with Crippen molar-refractivity contribution in [3.8, 4) is 0 Å². The van der Waals surface area contributed by atoms with E-state index < -0.39 is 0 Å². The summed E-state index contributed by atoms with van der Waals surface area (Å²) in [7, 11) is 0. The third-order valence-electron chi connectivity index (χ3n) is 3.57. The maximum Gasteiger partial charge on any atom is 0.157 e. The van der Waals surface area contributed by atoms with Crippen LogP contribution in [-0.4, -0.2) is 22.9 Å². The van der Waals surface area contributed by atoms with Gasteiger partial charge in [0.25, 0.3) is 0 Å². The summed E-state index contributed by atoms with van der Waals surface area (Å²) in [6.45, 7) is 3.11. The van der Waals surface area contributed by atoms with Crippen LogP contribution in [0.15, 0.2) is 24.5 Å². The summed E-state index contributed by atoms with van der Waals surface area (Å²) in [6.07, 6.45) is 8.13. The molecule has 3 heteroatoms. The molecule has 92 valence electrons. The lowest BCUT2D eigenvalue weighted by molar-refractivity contribution is -0.124. The molecule has 1 atom stereocenters. The van der Waals surface area contributed by atoms with Crippen LogP contribution >= 0.6 is 0 Å². The van der Waals surface area contributed by atoms with Crippen molar-refractivity contribution in [3.63, 3.8) is 0 Å². The normalized spacial score (nSPS) is 23.8. The van der Waals surface area contributed by atoms with Gasteiger partial charge in [-0.2, -0.15) is 0 Å². The van der Waals surface area contributed by atoms with E-state index in [9.17, 15) is 4.79 Å². The molecule has 0 amide bonds. The molecule has 0 aromatic carbocycles. The molecule has 0 aliphatic carbocycles. The van der Waals surface area contributed by atoms with Gasteiger partial charge in [-0.05, 0) is 43.5 Å². The molecule has 0 saturated carbocycles. The number of Topliss-reactive ketones (excluding diaryl/α,β-unsaturated/α-hetero) is 1. The molecular formula is C14H20N2O. The molecule has 2 heterocycles. The average Bonchev–Trinajstić information content (AvgIpc) is 2.81. The molecule has 0 bridgehead atoms. The van der Waals surface area contributed by atoms with E-state index in [-0.39, 0.29) is 5.54 Å². The van der Waals surface area contributed by atoms with E-state index >= 15 is 0 Å². The first kappa shape index (κ1) is 12.2. The molecule has 1 aromatic rings. The lowest BCUT2D eigenvalue weighted by atomic mass is 9.84. The zero-order valence-corrected chi connectivity index (χ0v) is 10.4. The van der Waals surface area contributed by atoms with Crippen LogP contribution in [0.1, 0.15) is 38.2 Å². The molecule has 0 radical (unpaired) electrons. The first-order valence-corrected chi connectivity index (χ1v) is 6.44. The molecule has 1 saturated heterocycles. The van der Waals surface area contributed by atoms with Crippen molar-refractivity contribution in [1.82, 2.24) is 10.3 Å². The highest BCUT2D eigenvalue weighted by atomic mass is 16.1. The number of ketones is 1. The van der Waals surface area contributed by atoms with Crippen molar-refractivity contribution in [2.45, 2.75) is 44.6 Å². The van der Waals surface area contributed by atoms with Crippen LogP contribution < -0.4 is 5.32 Å².